The lowest BCUT2D eigenvalue weighted by molar-refractivity contribution is 0.564. The van der Waals surface area contributed by atoms with Gasteiger partial charge >= 0.3 is 0 Å². The van der Waals surface area contributed by atoms with Gasteiger partial charge in [-0.25, -0.2) is 4.98 Å². The van der Waals surface area contributed by atoms with Crippen LogP contribution in [0.1, 0.15) is 13.8 Å². The molecule has 1 rings (SSSR count). The summed E-state index contributed by atoms with van der Waals surface area (Å²) in [6, 6.07) is 4.25. The van der Waals surface area contributed by atoms with E-state index in [9.17, 15) is 0 Å². The Labute approximate surface area is 98.2 Å². The quantitative estimate of drug-likeness (QED) is 0.852. The molecule has 2 nitrogen and oxygen atoms in total. The van der Waals surface area contributed by atoms with Crippen molar-refractivity contribution < 1.29 is 0 Å². The van der Waals surface area contributed by atoms with Crippen molar-refractivity contribution in [1.29, 1.82) is 0 Å². The van der Waals surface area contributed by atoms with E-state index in [0.29, 0.717) is 17.8 Å². The molecule has 0 aliphatic rings. The molecule has 0 bridgehead atoms. The highest BCUT2D eigenvalue weighted by molar-refractivity contribution is 9.10. The lowest BCUT2D eigenvalue weighted by Crippen LogP contribution is -2.25. The Balaban J connectivity index is 2.56. The Bertz CT molecular complexity index is 276. The zero-order chi connectivity index (χ0) is 10.6. The Morgan fingerprint density at radius 2 is 2.21 bits per heavy atom. The fourth-order valence-corrected chi connectivity index (χ4v) is 1.47. The van der Waals surface area contributed by atoms with Gasteiger partial charge in [-0.2, -0.15) is 0 Å². The number of alkyl halides is 1. The van der Waals surface area contributed by atoms with Crippen molar-refractivity contribution >= 4 is 33.3 Å². The van der Waals surface area contributed by atoms with E-state index < -0.39 is 0 Å². The standard InChI is InChI=1S/C10H14BrClN2/c1-7(5-12)8(2)14-10-4-3-9(11)6-13-10/h3-4,6-8H,5H2,1-2H3,(H,13,14). The van der Waals surface area contributed by atoms with E-state index in [4.69, 9.17) is 11.6 Å². The average molecular weight is 278 g/mol. The molecule has 2 atom stereocenters. The van der Waals surface area contributed by atoms with Crippen LogP contribution in [-0.2, 0) is 0 Å². The first-order valence-corrected chi connectivity index (χ1v) is 5.90. The smallest absolute Gasteiger partial charge is 0.126 e. The molecule has 0 aliphatic carbocycles. The van der Waals surface area contributed by atoms with Crippen LogP contribution in [0.15, 0.2) is 22.8 Å². The Hall–Kier alpha value is -0.280. The summed E-state index contributed by atoms with van der Waals surface area (Å²) in [5.74, 6) is 1.98. The van der Waals surface area contributed by atoms with Crippen molar-refractivity contribution in [3.8, 4) is 0 Å². The molecule has 0 radical (unpaired) electrons. The van der Waals surface area contributed by atoms with Gasteiger partial charge in [-0.3, -0.25) is 0 Å². The molecule has 78 valence electrons. The van der Waals surface area contributed by atoms with E-state index in [1.165, 1.54) is 0 Å². The summed E-state index contributed by atoms with van der Waals surface area (Å²) in [6.45, 7) is 4.22. The first-order valence-electron chi connectivity index (χ1n) is 4.57. The van der Waals surface area contributed by atoms with E-state index in [2.05, 4.69) is 40.1 Å². The third-order valence-corrected chi connectivity index (χ3v) is 3.16. The first-order chi connectivity index (χ1) is 6.63. The second kappa shape index (κ2) is 5.56. The molecular weight excluding hydrogens is 263 g/mol. The molecule has 0 fully saturated rings. The number of hydrogen-bond donors (Lipinski definition) is 1. The van der Waals surface area contributed by atoms with Crippen molar-refractivity contribution in [1.82, 2.24) is 4.98 Å². The van der Waals surface area contributed by atoms with E-state index >= 15 is 0 Å². The van der Waals surface area contributed by atoms with Crippen LogP contribution >= 0.6 is 27.5 Å². The molecular formula is C10H14BrClN2. The molecule has 0 saturated heterocycles. The van der Waals surface area contributed by atoms with Crippen molar-refractivity contribution in [3.63, 3.8) is 0 Å². The van der Waals surface area contributed by atoms with Crippen LogP contribution in [-0.4, -0.2) is 16.9 Å². The van der Waals surface area contributed by atoms with Gasteiger partial charge in [0.05, 0.1) is 0 Å². The number of hydrogen-bond acceptors (Lipinski definition) is 2. The minimum atomic E-state index is 0.334. The third-order valence-electron chi connectivity index (χ3n) is 2.20. The summed E-state index contributed by atoms with van der Waals surface area (Å²) in [6.07, 6.45) is 1.78. The predicted octanol–water partition coefficient (Wildman–Crippen LogP) is 3.52. The normalized spacial score (nSPS) is 14.9. The molecule has 14 heavy (non-hydrogen) atoms. The van der Waals surface area contributed by atoms with Gasteiger partial charge < -0.3 is 5.32 Å². The summed E-state index contributed by atoms with van der Waals surface area (Å²) in [4.78, 5) is 4.23. The molecule has 0 aromatic carbocycles. The number of pyridine rings is 1. The largest absolute Gasteiger partial charge is 0.367 e. The van der Waals surface area contributed by atoms with Crippen LogP contribution in [0.3, 0.4) is 0 Å². The van der Waals surface area contributed by atoms with Gasteiger partial charge in [-0.15, -0.1) is 11.6 Å². The second-order valence-corrected chi connectivity index (χ2v) is 4.65. The minimum Gasteiger partial charge on any atom is -0.367 e. The summed E-state index contributed by atoms with van der Waals surface area (Å²) in [7, 11) is 0. The highest BCUT2D eigenvalue weighted by Gasteiger charge is 2.10. The van der Waals surface area contributed by atoms with E-state index in [1.54, 1.807) is 6.20 Å². The minimum absolute atomic E-state index is 0.334. The number of nitrogens with one attached hydrogen (secondary N) is 1. The van der Waals surface area contributed by atoms with Gasteiger partial charge in [0.2, 0.25) is 0 Å². The molecule has 1 heterocycles. The van der Waals surface area contributed by atoms with E-state index in [-0.39, 0.29) is 0 Å². The summed E-state index contributed by atoms with van der Waals surface area (Å²) < 4.78 is 0.987. The van der Waals surface area contributed by atoms with Gasteiger partial charge in [0.25, 0.3) is 0 Å². The topological polar surface area (TPSA) is 24.9 Å². The zero-order valence-corrected chi connectivity index (χ0v) is 10.6. The highest BCUT2D eigenvalue weighted by Crippen LogP contribution is 2.14. The first kappa shape index (κ1) is 11.8. The summed E-state index contributed by atoms with van der Waals surface area (Å²) in [5.41, 5.74) is 0. The molecule has 1 aromatic rings. The SMILES string of the molecule is CC(CCl)C(C)Nc1ccc(Br)cn1. The molecule has 0 saturated carbocycles. The van der Waals surface area contributed by atoms with Gasteiger partial charge in [0.1, 0.15) is 5.82 Å². The fraction of sp³-hybridized carbons (Fsp3) is 0.500. The number of aromatic nitrogens is 1. The Morgan fingerprint density at radius 3 is 2.71 bits per heavy atom. The monoisotopic (exact) mass is 276 g/mol. The third kappa shape index (κ3) is 3.46. The van der Waals surface area contributed by atoms with Crippen LogP contribution in [0, 0.1) is 5.92 Å². The van der Waals surface area contributed by atoms with E-state index in [1.807, 2.05) is 12.1 Å². The number of rotatable bonds is 4. The van der Waals surface area contributed by atoms with Gasteiger partial charge in [-0.05, 0) is 40.9 Å². The predicted molar refractivity (Wildman–Crippen MR) is 64.9 cm³/mol. The van der Waals surface area contributed by atoms with Crippen LogP contribution in [0.2, 0.25) is 0 Å². The zero-order valence-electron chi connectivity index (χ0n) is 8.30. The Morgan fingerprint density at radius 1 is 1.50 bits per heavy atom. The van der Waals surface area contributed by atoms with Gasteiger partial charge in [-0.1, -0.05) is 6.92 Å². The molecule has 0 amide bonds. The molecule has 1 aromatic heterocycles. The maximum Gasteiger partial charge on any atom is 0.126 e. The van der Waals surface area contributed by atoms with Gasteiger partial charge in [0, 0.05) is 22.6 Å². The van der Waals surface area contributed by atoms with Crippen molar-refractivity contribution in [2.45, 2.75) is 19.9 Å². The fourth-order valence-electron chi connectivity index (χ4n) is 0.970. The van der Waals surface area contributed by atoms with Crippen LogP contribution in [0.25, 0.3) is 0 Å². The lowest BCUT2D eigenvalue weighted by atomic mass is 10.1. The maximum atomic E-state index is 5.77. The molecule has 4 heteroatoms. The van der Waals surface area contributed by atoms with Gasteiger partial charge in [0.15, 0.2) is 0 Å². The number of anilines is 1. The lowest BCUT2D eigenvalue weighted by Gasteiger charge is -2.19. The molecule has 0 aliphatic heterocycles. The van der Waals surface area contributed by atoms with Crippen LogP contribution in [0.4, 0.5) is 5.82 Å². The number of halogens is 2. The summed E-state index contributed by atoms with van der Waals surface area (Å²) >= 11 is 9.11. The maximum absolute atomic E-state index is 5.77. The van der Waals surface area contributed by atoms with Crippen molar-refractivity contribution in [3.05, 3.63) is 22.8 Å². The van der Waals surface area contributed by atoms with Crippen molar-refractivity contribution in [2.75, 3.05) is 11.2 Å². The van der Waals surface area contributed by atoms with Crippen LogP contribution in [0.5, 0.6) is 0 Å². The molecule has 0 spiro atoms. The molecule has 2 unspecified atom stereocenters. The second-order valence-electron chi connectivity index (χ2n) is 3.43. The Kier molecular flexibility index (Phi) is 4.69. The average Bonchev–Trinajstić information content (AvgIpc) is 2.20. The number of nitrogens with zero attached hydrogens (tertiary/aromatic N) is 1. The highest BCUT2D eigenvalue weighted by atomic mass is 79.9. The van der Waals surface area contributed by atoms with Crippen LogP contribution < -0.4 is 5.32 Å². The molecule has 1 N–H and O–H groups in total. The van der Waals surface area contributed by atoms with E-state index in [0.717, 1.165) is 10.3 Å². The summed E-state index contributed by atoms with van der Waals surface area (Å²) in [5, 5.41) is 3.30. The van der Waals surface area contributed by atoms with Crippen molar-refractivity contribution in [2.24, 2.45) is 5.92 Å².